The quantitative estimate of drug-likeness (QED) is 0.522. The molecule has 80 valence electrons. The van der Waals surface area contributed by atoms with Crippen molar-refractivity contribution in [2.45, 2.75) is 6.18 Å². The van der Waals surface area contributed by atoms with Crippen molar-refractivity contribution < 1.29 is 13.2 Å². The number of hydrogen-bond acceptors (Lipinski definition) is 2. The predicted molar refractivity (Wildman–Crippen MR) is 54.9 cm³/mol. The van der Waals surface area contributed by atoms with E-state index in [4.69, 9.17) is 19.4 Å². The Hall–Kier alpha value is -1.30. The van der Waals surface area contributed by atoms with E-state index in [1.807, 2.05) is 0 Å². The highest BCUT2D eigenvalue weighted by molar-refractivity contribution is 6.38. The minimum absolute atomic E-state index is 0.0565. The van der Waals surface area contributed by atoms with Gasteiger partial charge in [-0.05, 0) is 17.7 Å². The van der Waals surface area contributed by atoms with Crippen LogP contribution >= 0.6 is 11.6 Å². The molecule has 2 rings (SSSR count). The van der Waals surface area contributed by atoms with Crippen LogP contribution in [0.1, 0.15) is 5.56 Å². The molecule has 7 heteroatoms. The van der Waals surface area contributed by atoms with Crippen LogP contribution in [0.15, 0.2) is 18.3 Å². The van der Waals surface area contributed by atoms with Gasteiger partial charge in [0, 0.05) is 11.6 Å². The van der Waals surface area contributed by atoms with Gasteiger partial charge in [0.1, 0.15) is 7.85 Å². The zero-order valence-electron chi connectivity index (χ0n) is 7.72. The molecule has 0 bridgehead atoms. The number of aromatic nitrogens is 2. The molecule has 0 aliphatic carbocycles. The smallest absolute Gasteiger partial charge is 0.226 e. The number of alkyl halides is 3. The lowest BCUT2D eigenvalue weighted by atomic mass is 9.91. The zero-order valence-corrected chi connectivity index (χ0v) is 8.47. The Morgan fingerprint density at radius 3 is 2.56 bits per heavy atom. The van der Waals surface area contributed by atoms with Crippen LogP contribution in [0.5, 0.6) is 0 Å². The third-order valence-corrected chi connectivity index (χ3v) is 2.19. The molecular weight excluding hydrogens is 239 g/mol. The monoisotopic (exact) mass is 242 g/mol. The normalized spacial score (nSPS) is 12.0. The Bertz CT molecular complexity index is 556. The summed E-state index contributed by atoms with van der Waals surface area (Å²) < 4.78 is 37.4. The lowest BCUT2D eigenvalue weighted by Crippen LogP contribution is -2.13. The van der Waals surface area contributed by atoms with Crippen LogP contribution in [0.2, 0.25) is 5.28 Å². The van der Waals surface area contributed by atoms with Gasteiger partial charge in [-0.2, -0.15) is 13.2 Å². The topological polar surface area (TPSA) is 25.8 Å². The highest BCUT2D eigenvalue weighted by Gasteiger charge is 2.31. The van der Waals surface area contributed by atoms with Crippen LogP contribution in [0, 0.1) is 0 Å². The SMILES string of the molecule is [B]c1cc(C(F)(F)F)cc2cnc(Cl)nc12. The summed E-state index contributed by atoms with van der Waals surface area (Å²) in [6.07, 6.45) is -3.24. The van der Waals surface area contributed by atoms with Crippen molar-refractivity contribution in [3.8, 4) is 0 Å². The predicted octanol–water partition coefficient (Wildman–Crippen LogP) is 2.10. The Morgan fingerprint density at radius 2 is 1.94 bits per heavy atom. The molecule has 2 aromatic rings. The Morgan fingerprint density at radius 1 is 1.25 bits per heavy atom. The Kier molecular flexibility index (Phi) is 2.54. The summed E-state index contributed by atoms with van der Waals surface area (Å²) >= 11 is 5.52. The van der Waals surface area contributed by atoms with Crippen molar-refractivity contribution in [2.75, 3.05) is 0 Å². The second kappa shape index (κ2) is 3.62. The van der Waals surface area contributed by atoms with Gasteiger partial charge < -0.3 is 0 Å². The maximum atomic E-state index is 12.5. The molecule has 0 unspecified atom stereocenters. The van der Waals surface area contributed by atoms with E-state index in [2.05, 4.69) is 9.97 Å². The molecule has 0 saturated heterocycles. The molecule has 2 nitrogen and oxygen atoms in total. The molecule has 2 radical (unpaired) electrons. The highest BCUT2D eigenvalue weighted by atomic mass is 35.5. The molecule has 0 N–H and O–H groups in total. The van der Waals surface area contributed by atoms with E-state index in [1.54, 1.807) is 0 Å². The molecule has 0 aliphatic heterocycles. The third-order valence-electron chi connectivity index (χ3n) is 2.01. The molecule has 1 aromatic heterocycles. The van der Waals surface area contributed by atoms with Crippen LogP contribution in [-0.4, -0.2) is 17.8 Å². The summed E-state index contributed by atoms with van der Waals surface area (Å²) in [5.41, 5.74) is -0.689. The van der Waals surface area contributed by atoms with Crippen molar-refractivity contribution in [3.63, 3.8) is 0 Å². The summed E-state index contributed by atoms with van der Waals surface area (Å²) in [7, 11) is 5.47. The molecule has 0 amide bonds. The summed E-state index contributed by atoms with van der Waals surface area (Å²) in [5, 5.41) is 0.149. The highest BCUT2D eigenvalue weighted by Crippen LogP contribution is 2.30. The third kappa shape index (κ3) is 1.97. The van der Waals surface area contributed by atoms with Crippen LogP contribution in [0.25, 0.3) is 10.9 Å². The molecule has 0 atom stereocenters. The molecule has 0 fully saturated rings. The van der Waals surface area contributed by atoms with Crippen molar-refractivity contribution >= 4 is 35.8 Å². The minimum atomic E-state index is -4.44. The van der Waals surface area contributed by atoms with Gasteiger partial charge >= 0.3 is 6.18 Å². The van der Waals surface area contributed by atoms with E-state index in [-0.39, 0.29) is 21.6 Å². The van der Waals surface area contributed by atoms with E-state index in [0.29, 0.717) is 0 Å². The fourth-order valence-electron chi connectivity index (χ4n) is 1.32. The first-order valence-electron chi connectivity index (χ1n) is 4.17. The van der Waals surface area contributed by atoms with Crippen molar-refractivity contribution in [1.82, 2.24) is 9.97 Å². The van der Waals surface area contributed by atoms with Crippen LogP contribution in [0.4, 0.5) is 13.2 Å². The minimum Gasteiger partial charge on any atom is -0.226 e. The van der Waals surface area contributed by atoms with Gasteiger partial charge in [0.25, 0.3) is 0 Å². The molecule has 1 aromatic carbocycles. The maximum Gasteiger partial charge on any atom is 0.416 e. The standard InChI is InChI=1S/C9H3BClF3N2/c10-6-2-5(9(12,13)14)1-4-3-15-8(11)16-7(4)6/h1-3H. The Balaban J connectivity index is 2.74. The average Bonchev–Trinajstić information content (AvgIpc) is 2.17. The van der Waals surface area contributed by atoms with Gasteiger partial charge in [-0.1, -0.05) is 11.5 Å². The van der Waals surface area contributed by atoms with Gasteiger partial charge in [0.15, 0.2) is 0 Å². The molecule has 1 heterocycles. The first-order chi connectivity index (χ1) is 7.38. The number of halogens is 4. The molecule has 0 saturated carbocycles. The number of nitrogens with zero attached hydrogens (tertiary/aromatic N) is 2. The van der Waals surface area contributed by atoms with E-state index >= 15 is 0 Å². The van der Waals surface area contributed by atoms with Gasteiger partial charge in [-0.25, -0.2) is 9.97 Å². The van der Waals surface area contributed by atoms with Gasteiger partial charge in [-0.15, -0.1) is 0 Å². The lowest BCUT2D eigenvalue weighted by molar-refractivity contribution is -0.137. The van der Waals surface area contributed by atoms with Crippen molar-refractivity contribution in [2.24, 2.45) is 0 Å². The second-order valence-corrected chi connectivity index (χ2v) is 3.48. The van der Waals surface area contributed by atoms with Crippen LogP contribution in [0.3, 0.4) is 0 Å². The molecule has 0 spiro atoms. The fraction of sp³-hybridized carbons (Fsp3) is 0.111. The molecular formula is C9H3BClF3N2. The van der Waals surface area contributed by atoms with E-state index in [9.17, 15) is 13.2 Å². The summed E-state index contributed by atoms with van der Waals surface area (Å²) in [5.74, 6) is 0. The first-order valence-corrected chi connectivity index (χ1v) is 4.54. The number of fused-ring (bicyclic) bond motifs is 1. The number of benzene rings is 1. The fourth-order valence-corrected chi connectivity index (χ4v) is 1.45. The lowest BCUT2D eigenvalue weighted by Gasteiger charge is -2.09. The van der Waals surface area contributed by atoms with Gasteiger partial charge in [-0.3, -0.25) is 0 Å². The van der Waals surface area contributed by atoms with E-state index in [0.717, 1.165) is 12.1 Å². The molecule has 16 heavy (non-hydrogen) atoms. The van der Waals surface area contributed by atoms with Crippen LogP contribution < -0.4 is 5.46 Å². The number of rotatable bonds is 0. The first kappa shape index (κ1) is 11.2. The van der Waals surface area contributed by atoms with E-state index in [1.165, 1.54) is 6.20 Å². The molecule has 0 aliphatic rings. The van der Waals surface area contributed by atoms with Crippen molar-refractivity contribution in [1.29, 1.82) is 0 Å². The van der Waals surface area contributed by atoms with Gasteiger partial charge in [0.2, 0.25) is 5.28 Å². The largest absolute Gasteiger partial charge is 0.416 e. The zero-order chi connectivity index (χ0) is 11.9. The second-order valence-electron chi connectivity index (χ2n) is 3.14. The van der Waals surface area contributed by atoms with Gasteiger partial charge in [0.05, 0.1) is 11.1 Å². The Labute approximate surface area is 94.9 Å². The number of hydrogen-bond donors (Lipinski definition) is 0. The van der Waals surface area contributed by atoms with Crippen LogP contribution in [-0.2, 0) is 6.18 Å². The van der Waals surface area contributed by atoms with E-state index < -0.39 is 11.7 Å². The summed E-state index contributed by atoms with van der Waals surface area (Å²) in [6.45, 7) is 0. The van der Waals surface area contributed by atoms with Crippen molar-refractivity contribution in [3.05, 3.63) is 29.2 Å². The average molecular weight is 242 g/mol. The maximum absolute atomic E-state index is 12.5. The summed E-state index contributed by atoms with van der Waals surface area (Å²) in [4.78, 5) is 7.36. The summed E-state index contributed by atoms with van der Waals surface area (Å²) in [6, 6.07) is 1.76.